The van der Waals surface area contributed by atoms with Crippen molar-refractivity contribution in [2.75, 3.05) is 18.5 Å². The molecule has 5 atom stereocenters. The van der Waals surface area contributed by atoms with Crippen molar-refractivity contribution in [2.45, 2.75) is 77.2 Å². The van der Waals surface area contributed by atoms with Crippen LogP contribution < -0.4 is 5.32 Å². The summed E-state index contributed by atoms with van der Waals surface area (Å²) in [6, 6.07) is 11.4. The molecule has 3 aromatic rings. The Bertz CT molecular complexity index is 1370. The summed E-state index contributed by atoms with van der Waals surface area (Å²) in [5.74, 6) is 0.0138. The second-order valence-corrected chi connectivity index (χ2v) is 11.9. The average Bonchev–Trinajstić information content (AvgIpc) is 3.57. The number of amides is 1. The third-order valence-corrected chi connectivity index (χ3v) is 9.01. The van der Waals surface area contributed by atoms with Crippen molar-refractivity contribution in [3.63, 3.8) is 0 Å². The number of ether oxygens (including phenoxy) is 2. The molecule has 1 aromatic carbocycles. The van der Waals surface area contributed by atoms with E-state index in [0.29, 0.717) is 29.2 Å². The molecule has 2 aliphatic heterocycles. The first kappa shape index (κ1) is 28.5. The summed E-state index contributed by atoms with van der Waals surface area (Å²) in [6.07, 6.45) is 1.83. The summed E-state index contributed by atoms with van der Waals surface area (Å²) in [5.41, 5.74) is 0.716. The van der Waals surface area contributed by atoms with E-state index < -0.39 is 32.6 Å². The van der Waals surface area contributed by atoms with Crippen LogP contribution >= 0.6 is 8.53 Å². The van der Waals surface area contributed by atoms with Gasteiger partial charge >= 0.3 is 0 Å². The van der Waals surface area contributed by atoms with E-state index >= 15 is 0 Å². The summed E-state index contributed by atoms with van der Waals surface area (Å²) in [7, 11) is -1.49. The summed E-state index contributed by atoms with van der Waals surface area (Å²) in [6.45, 7) is 11.0. The minimum atomic E-state index is -1.49. The molecule has 1 N–H and O–H groups in total. The second-order valence-electron chi connectivity index (χ2n) is 10.5. The van der Waals surface area contributed by atoms with Crippen molar-refractivity contribution in [1.29, 1.82) is 5.26 Å². The molecule has 2 bridgehead atoms. The molecule has 212 valence electrons. The van der Waals surface area contributed by atoms with Gasteiger partial charge in [0.25, 0.3) is 14.4 Å². The van der Waals surface area contributed by atoms with Crippen molar-refractivity contribution < 1.29 is 23.3 Å². The van der Waals surface area contributed by atoms with E-state index in [1.165, 1.54) is 6.33 Å². The van der Waals surface area contributed by atoms with Crippen LogP contribution in [0, 0.1) is 11.3 Å². The van der Waals surface area contributed by atoms with Gasteiger partial charge in [-0.05, 0) is 46.8 Å². The highest BCUT2D eigenvalue weighted by Crippen LogP contribution is 2.55. The average molecular weight is 568 g/mol. The molecule has 5 rings (SSSR count). The van der Waals surface area contributed by atoms with Crippen LogP contribution in [0.1, 0.15) is 57.6 Å². The van der Waals surface area contributed by atoms with Crippen molar-refractivity contribution in [2.24, 2.45) is 0 Å². The van der Waals surface area contributed by atoms with E-state index in [2.05, 4.69) is 58.7 Å². The number of aromatic nitrogens is 4. The van der Waals surface area contributed by atoms with Gasteiger partial charge in [-0.2, -0.15) is 5.26 Å². The Labute approximate surface area is 234 Å². The van der Waals surface area contributed by atoms with E-state index in [-0.39, 0.29) is 31.0 Å². The molecule has 2 aromatic heterocycles. The van der Waals surface area contributed by atoms with Crippen molar-refractivity contribution in [3.8, 4) is 6.07 Å². The maximum Gasteiger partial charge on any atom is 0.259 e. The largest absolute Gasteiger partial charge is 0.368 e. The van der Waals surface area contributed by atoms with E-state index in [0.717, 1.165) is 0 Å². The quantitative estimate of drug-likeness (QED) is 0.262. The predicted octanol–water partition coefficient (Wildman–Crippen LogP) is 4.43. The Balaban J connectivity index is 1.40. The Morgan fingerprint density at radius 1 is 1.25 bits per heavy atom. The number of nitrogens with one attached hydrogen (secondary N) is 1. The van der Waals surface area contributed by atoms with Crippen molar-refractivity contribution in [3.05, 3.63) is 48.5 Å². The first-order chi connectivity index (χ1) is 19.2. The SMILES string of the molecule is CC(C)N(C(C)C)P(OCCC#N)OC1[C@@H]2OC[C@@]1(C)O[C@H]2n1cnc2c(NC(=O)c3ccccc3)ncnc21. The van der Waals surface area contributed by atoms with Gasteiger partial charge in [-0.3, -0.25) is 9.36 Å². The molecule has 2 unspecified atom stereocenters. The molecule has 12 nitrogen and oxygen atoms in total. The van der Waals surface area contributed by atoms with Crippen LogP contribution in [0.5, 0.6) is 0 Å². The fraction of sp³-hybridized carbons (Fsp3) is 0.519. The van der Waals surface area contributed by atoms with Gasteiger partial charge in [-0.25, -0.2) is 19.6 Å². The standard InChI is InChI=1S/C27H34N7O5P/c1-17(2)34(18(3)4)40(37-13-9-12-28)39-22-21-26(38-27(22,5)14-36-21)33-16-31-20-23(29-15-30-24(20)33)32-25(35)19-10-7-6-8-11-19/h6-8,10-11,15-18,21-22,26H,9,13-14H2,1-5H3,(H,29,30,32,35)/t21-,22?,26+,27+,40?/m0/s1. The van der Waals surface area contributed by atoms with Crippen LogP contribution in [0.2, 0.25) is 0 Å². The van der Waals surface area contributed by atoms with Crippen LogP contribution in [0.3, 0.4) is 0 Å². The monoisotopic (exact) mass is 567 g/mol. The minimum absolute atomic E-state index is 0.163. The third-order valence-electron chi connectivity index (χ3n) is 6.90. The lowest BCUT2D eigenvalue weighted by Crippen LogP contribution is -2.40. The predicted molar refractivity (Wildman–Crippen MR) is 148 cm³/mol. The summed E-state index contributed by atoms with van der Waals surface area (Å²) in [4.78, 5) is 26.0. The number of fused-ring (bicyclic) bond motifs is 3. The number of imidazole rings is 1. The molecular formula is C27H34N7O5P. The van der Waals surface area contributed by atoms with Gasteiger partial charge in [0, 0.05) is 17.6 Å². The van der Waals surface area contributed by atoms with Gasteiger partial charge in [0.2, 0.25) is 0 Å². The summed E-state index contributed by atoms with van der Waals surface area (Å²) in [5, 5.41) is 11.9. The molecule has 1 amide bonds. The Hall–Kier alpha value is -3.04. The topological polar surface area (TPSA) is 137 Å². The number of anilines is 1. The van der Waals surface area contributed by atoms with Crippen LogP contribution in [0.15, 0.2) is 43.0 Å². The molecule has 2 fully saturated rings. The zero-order valence-electron chi connectivity index (χ0n) is 23.2. The normalized spacial score (nSPS) is 24.7. The Morgan fingerprint density at radius 3 is 2.70 bits per heavy atom. The van der Waals surface area contributed by atoms with E-state index in [1.807, 2.05) is 13.0 Å². The van der Waals surface area contributed by atoms with E-state index in [9.17, 15) is 4.79 Å². The fourth-order valence-electron chi connectivity index (χ4n) is 5.13. The summed E-state index contributed by atoms with van der Waals surface area (Å²) < 4.78 is 29.5. The lowest BCUT2D eigenvalue weighted by Gasteiger charge is -2.38. The minimum Gasteiger partial charge on any atom is -0.368 e. The van der Waals surface area contributed by atoms with Gasteiger partial charge < -0.3 is 23.8 Å². The van der Waals surface area contributed by atoms with Crippen LogP contribution in [0.4, 0.5) is 5.82 Å². The lowest BCUT2D eigenvalue weighted by atomic mass is 10.0. The van der Waals surface area contributed by atoms with Gasteiger partial charge in [0.15, 0.2) is 23.2 Å². The highest BCUT2D eigenvalue weighted by Gasteiger charge is 2.62. The van der Waals surface area contributed by atoms with Gasteiger partial charge in [-0.1, -0.05) is 18.2 Å². The molecule has 0 spiro atoms. The van der Waals surface area contributed by atoms with Gasteiger partial charge in [0.05, 0.1) is 32.0 Å². The molecule has 0 radical (unpaired) electrons. The maximum atomic E-state index is 12.8. The maximum absolute atomic E-state index is 12.8. The Kier molecular flexibility index (Phi) is 8.42. The van der Waals surface area contributed by atoms with Crippen LogP contribution in [-0.2, 0) is 18.5 Å². The Morgan fingerprint density at radius 2 is 2.00 bits per heavy atom. The molecule has 40 heavy (non-hydrogen) atoms. The molecule has 2 aliphatic rings. The highest BCUT2D eigenvalue weighted by molar-refractivity contribution is 7.44. The fourth-order valence-corrected chi connectivity index (χ4v) is 6.97. The number of carbonyl (C=O) groups is 1. The van der Waals surface area contributed by atoms with E-state index in [1.54, 1.807) is 35.2 Å². The first-order valence-electron chi connectivity index (χ1n) is 13.3. The van der Waals surface area contributed by atoms with Crippen molar-refractivity contribution >= 4 is 31.4 Å². The van der Waals surface area contributed by atoms with Crippen molar-refractivity contribution in [1.82, 2.24) is 24.2 Å². The molecule has 0 saturated carbocycles. The smallest absolute Gasteiger partial charge is 0.259 e. The van der Waals surface area contributed by atoms with Crippen LogP contribution in [-0.4, -0.2) is 73.2 Å². The number of nitriles is 1. The molecule has 13 heteroatoms. The van der Waals surface area contributed by atoms with E-state index in [4.69, 9.17) is 23.8 Å². The number of nitrogens with zero attached hydrogens (tertiary/aromatic N) is 6. The number of hydrogen-bond donors (Lipinski definition) is 1. The lowest BCUT2D eigenvalue weighted by molar-refractivity contribution is -0.164. The third kappa shape index (κ3) is 5.46. The van der Waals surface area contributed by atoms with Gasteiger partial charge in [-0.15, -0.1) is 0 Å². The number of rotatable bonds is 11. The number of benzene rings is 1. The number of hydrogen-bond acceptors (Lipinski definition) is 10. The number of carbonyl (C=O) groups excluding carboxylic acids is 1. The zero-order valence-corrected chi connectivity index (χ0v) is 24.1. The molecule has 2 saturated heterocycles. The summed E-state index contributed by atoms with van der Waals surface area (Å²) >= 11 is 0. The second kappa shape index (κ2) is 11.8. The van der Waals surface area contributed by atoms with Crippen LogP contribution in [0.25, 0.3) is 11.2 Å². The molecule has 0 aliphatic carbocycles. The molecular weight excluding hydrogens is 533 g/mol. The van der Waals surface area contributed by atoms with Gasteiger partial charge in [0.1, 0.15) is 24.1 Å². The highest BCUT2D eigenvalue weighted by atomic mass is 31.2. The zero-order chi connectivity index (χ0) is 28.4. The first-order valence-corrected chi connectivity index (χ1v) is 14.4. The molecule has 4 heterocycles.